The molecular formula is C18H28IN5O. The molecule has 0 amide bonds. The van der Waals surface area contributed by atoms with E-state index in [2.05, 4.69) is 63.8 Å². The van der Waals surface area contributed by atoms with Gasteiger partial charge in [0.15, 0.2) is 11.7 Å². The summed E-state index contributed by atoms with van der Waals surface area (Å²) in [6.45, 7) is 5.45. The Balaban J connectivity index is 0.00000312. The lowest BCUT2D eigenvalue weighted by Gasteiger charge is -2.14. The lowest BCUT2D eigenvalue weighted by atomic mass is 10.1. The Bertz CT molecular complexity index is 664. The first kappa shape index (κ1) is 21.3. The molecule has 0 unspecified atom stereocenters. The van der Waals surface area contributed by atoms with Gasteiger partial charge in [-0.25, -0.2) is 0 Å². The summed E-state index contributed by atoms with van der Waals surface area (Å²) in [4.78, 5) is 6.31. The van der Waals surface area contributed by atoms with Gasteiger partial charge in [0.1, 0.15) is 0 Å². The monoisotopic (exact) mass is 457 g/mol. The van der Waals surface area contributed by atoms with E-state index in [9.17, 15) is 0 Å². The van der Waals surface area contributed by atoms with Crippen LogP contribution < -0.4 is 15.5 Å². The molecule has 0 saturated heterocycles. The zero-order valence-corrected chi connectivity index (χ0v) is 17.9. The van der Waals surface area contributed by atoms with Gasteiger partial charge in [-0.1, -0.05) is 31.1 Å². The summed E-state index contributed by atoms with van der Waals surface area (Å²) < 4.78 is 5.32. The summed E-state index contributed by atoms with van der Waals surface area (Å²) >= 11 is 0. The maximum atomic E-state index is 5.32. The van der Waals surface area contributed by atoms with Crippen LogP contribution in [0.15, 0.2) is 39.8 Å². The summed E-state index contributed by atoms with van der Waals surface area (Å²) in [7, 11) is 5.82. The number of anilines is 1. The van der Waals surface area contributed by atoms with Crippen LogP contribution in [0.5, 0.6) is 0 Å². The number of aromatic nitrogens is 1. The highest BCUT2D eigenvalue weighted by atomic mass is 127. The topological polar surface area (TPSA) is 65.7 Å². The first-order valence-corrected chi connectivity index (χ1v) is 8.16. The van der Waals surface area contributed by atoms with Crippen LogP contribution in [0.1, 0.15) is 36.8 Å². The standard InChI is InChI=1S/C18H27N5O.HI/c1-13(2)17-10-16(24-22-17)12-21-18(19-3)20-11-14-6-8-15(9-7-14)23(4)5;/h6-10,13H,11-12H2,1-5H3,(H2,19,20,21);1H. The van der Waals surface area contributed by atoms with Crippen molar-refractivity contribution in [3.8, 4) is 0 Å². The summed E-state index contributed by atoms with van der Waals surface area (Å²) in [5.74, 6) is 1.90. The minimum absolute atomic E-state index is 0. The fourth-order valence-corrected chi connectivity index (χ4v) is 2.17. The molecule has 0 aliphatic heterocycles. The van der Waals surface area contributed by atoms with Crippen LogP contribution in [0, 0.1) is 0 Å². The molecule has 138 valence electrons. The molecule has 0 atom stereocenters. The predicted octanol–water partition coefficient (Wildman–Crippen LogP) is 3.35. The Morgan fingerprint density at radius 1 is 1.16 bits per heavy atom. The van der Waals surface area contributed by atoms with Gasteiger partial charge in [-0.05, 0) is 23.6 Å². The van der Waals surface area contributed by atoms with Crippen LogP contribution in [0.4, 0.5) is 5.69 Å². The van der Waals surface area contributed by atoms with Gasteiger partial charge >= 0.3 is 0 Å². The van der Waals surface area contributed by atoms with Crippen LogP contribution in [-0.2, 0) is 13.1 Å². The molecule has 2 N–H and O–H groups in total. The van der Waals surface area contributed by atoms with Crippen molar-refractivity contribution < 1.29 is 4.52 Å². The van der Waals surface area contributed by atoms with Crippen molar-refractivity contribution in [3.63, 3.8) is 0 Å². The second kappa shape index (κ2) is 10.3. The Labute approximate surface area is 167 Å². The zero-order chi connectivity index (χ0) is 17.5. The number of aliphatic imine (C=N–C) groups is 1. The fourth-order valence-electron chi connectivity index (χ4n) is 2.17. The van der Waals surface area contributed by atoms with Crippen LogP contribution >= 0.6 is 24.0 Å². The Hall–Kier alpha value is -1.77. The molecule has 0 radical (unpaired) electrons. The van der Waals surface area contributed by atoms with E-state index >= 15 is 0 Å². The smallest absolute Gasteiger partial charge is 0.191 e. The molecule has 1 aromatic carbocycles. The molecule has 1 heterocycles. The molecular weight excluding hydrogens is 429 g/mol. The van der Waals surface area contributed by atoms with Gasteiger partial charge in [0.05, 0.1) is 12.2 Å². The fraction of sp³-hybridized carbons (Fsp3) is 0.444. The number of benzene rings is 1. The van der Waals surface area contributed by atoms with Crippen molar-refractivity contribution in [1.29, 1.82) is 0 Å². The van der Waals surface area contributed by atoms with Crippen LogP contribution in [0.25, 0.3) is 0 Å². The van der Waals surface area contributed by atoms with Gasteiger partial charge in [-0.3, -0.25) is 4.99 Å². The predicted molar refractivity (Wildman–Crippen MR) is 114 cm³/mol. The SMILES string of the molecule is CN=C(NCc1ccc(N(C)C)cc1)NCc1cc(C(C)C)no1.I. The van der Waals surface area contributed by atoms with Gasteiger partial charge < -0.3 is 20.1 Å². The molecule has 1 aromatic heterocycles. The first-order chi connectivity index (χ1) is 11.5. The van der Waals surface area contributed by atoms with Crippen LogP contribution in [-0.4, -0.2) is 32.3 Å². The average Bonchev–Trinajstić information content (AvgIpc) is 3.04. The molecule has 2 rings (SSSR count). The second-order valence-electron chi connectivity index (χ2n) is 6.21. The lowest BCUT2D eigenvalue weighted by molar-refractivity contribution is 0.372. The quantitative estimate of drug-likeness (QED) is 0.396. The number of hydrogen-bond acceptors (Lipinski definition) is 4. The number of hydrogen-bond donors (Lipinski definition) is 2. The molecule has 0 saturated carbocycles. The van der Waals surface area contributed by atoms with E-state index in [-0.39, 0.29) is 24.0 Å². The highest BCUT2D eigenvalue weighted by molar-refractivity contribution is 14.0. The zero-order valence-electron chi connectivity index (χ0n) is 15.5. The van der Waals surface area contributed by atoms with E-state index in [4.69, 9.17) is 4.52 Å². The largest absolute Gasteiger partial charge is 0.378 e. The summed E-state index contributed by atoms with van der Waals surface area (Å²) in [6, 6.07) is 10.4. The van der Waals surface area contributed by atoms with Crippen molar-refractivity contribution in [2.75, 3.05) is 26.0 Å². The molecule has 2 aromatic rings. The van der Waals surface area contributed by atoms with Crippen molar-refractivity contribution in [2.45, 2.75) is 32.9 Å². The second-order valence-corrected chi connectivity index (χ2v) is 6.21. The molecule has 0 spiro atoms. The van der Waals surface area contributed by atoms with E-state index in [0.29, 0.717) is 19.0 Å². The molecule has 0 bridgehead atoms. The third-order valence-corrected chi connectivity index (χ3v) is 3.74. The van der Waals surface area contributed by atoms with E-state index in [1.165, 1.54) is 11.3 Å². The molecule has 6 nitrogen and oxygen atoms in total. The van der Waals surface area contributed by atoms with Gasteiger partial charge in [0.2, 0.25) is 0 Å². The molecule has 0 aliphatic rings. The van der Waals surface area contributed by atoms with E-state index < -0.39 is 0 Å². The minimum Gasteiger partial charge on any atom is -0.378 e. The normalized spacial score (nSPS) is 11.2. The number of nitrogens with one attached hydrogen (secondary N) is 2. The Morgan fingerprint density at radius 3 is 2.32 bits per heavy atom. The van der Waals surface area contributed by atoms with E-state index in [0.717, 1.165) is 17.4 Å². The van der Waals surface area contributed by atoms with Crippen molar-refractivity contribution >= 4 is 35.6 Å². The van der Waals surface area contributed by atoms with E-state index in [1.807, 2.05) is 20.2 Å². The number of halogens is 1. The van der Waals surface area contributed by atoms with Crippen LogP contribution in [0.2, 0.25) is 0 Å². The summed E-state index contributed by atoms with van der Waals surface area (Å²) in [5.41, 5.74) is 3.36. The Morgan fingerprint density at radius 2 is 1.80 bits per heavy atom. The van der Waals surface area contributed by atoms with Gasteiger partial charge in [-0.2, -0.15) is 0 Å². The third-order valence-electron chi connectivity index (χ3n) is 3.74. The van der Waals surface area contributed by atoms with Crippen molar-refractivity contribution in [3.05, 3.63) is 47.3 Å². The maximum Gasteiger partial charge on any atom is 0.191 e. The van der Waals surface area contributed by atoms with Gasteiger partial charge in [0, 0.05) is 39.4 Å². The molecule has 7 heteroatoms. The van der Waals surface area contributed by atoms with Crippen LogP contribution in [0.3, 0.4) is 0 Å². The third kappa shape index (κ3) is 6.56. The highest BCUT2D eigenvalue weighted by Gasteiger charge is 2.08. The lowest BCUT2D eigenvalue weighted by Crippen LogP contribution is -2.36. The first-order valence-electron chi connectivity index (χ1n) is 8.16. The average molecular weight is 457 g/mol. The highest BCUT2D eigenvalue weighted by Crippen LogP contribution is 2.14. The number of guanidine groups is 1. The summed E-state index contributed by atoms with van der Waals surface area (Å²) in [5, 5.41) is 10.6. The van der Waals surface area contributed by atoms with Crippen molar-refractivity contribution in [1.82, 2.24) is 15.8 Å². The van der Waals surface area contributed by atoms with E-state index in [1.54, 1.807) is 7.05 Å². The maximum absolute atomic E-state index is 5.32. The summed E-state index contributed by atoms with van der Waals surface area (Å²) in [6.07, 6.45) is 0. The number of rotatable bonds is 6. The molecule has 0 aliphatic carbocycles. The molecule has 0 fully saturated rings. The Kier molecular flexibility index (Phi) is 8.74. The van der Waals surface area contributed by atoms with Gasteiger partial charge in [-0.15, -0.1) is 24.0 Å². The number of nitrogens with zero attached hydrogens (tertiary/aromatic N) is 3. The van der Waals surface area contributed by atoms with Gasteiger partial charge in [0.25, 0.3) is 0 Å². The minimum atomic E-state index is 0. The molecule has 25 heavy (non-hydrogen) atoms. The van der Waals surface area contributed by atoms with Crippen molar-refractivity contribution in [2.24, 2.45) is 4.99 Å².